The van der Waals surface area contributed by atoms with E-state index in [1.54, 1.807) is 43.0 Å². The summed E-state index contributed by atoms with van der Waals surface area (Å²) in [6, 6.07) is 14.3. The Hall–Kier alpha value is -2.66. The zero-order valence-electron chi connectivity index (χ0n) is 13.4. The number of anilines is 3. The minimum absolute atomic E-state index is 0.0939. The zero-order valence-corrected chi connectivity index (χ0v) is 14.1. The van der Waals surface area contributed by atoms with Gasteiger partial charge >= 0.3 is 0 Å². The summed E-state index contributed by atoms with van der Waals surface area (Å²) in [5.74, 6) is -0.589. The number of amidine groups is 2. The number of nitrogens with zero attached hydrogens (tertiary/aromatic N) is 2. The maximum Gasteiger partial charge on any atom is 0.242 e. The van der Waals surface area contributed by atoms with Crippen LogP contribution in [0.25, 0.3) is 0 Å². The van der Waals surface area contributed by atoms with E-state index in [9.17, 15) is 4.79 Å². The molecule has 1 amide bonds. The molecule has 2 aromatic rings. The number of hydrogen-bond acceptors (Lipinski definition) is 3. The number of carbonyl (C=O) groups excluding carboxylic acids is 1. The van der Waals surface area contributed by atoms with E-state index in [4.69, 9.17) is 22.4 Å². The maximum absolute atomic E-state index is 13.0. The van der Waals surface area contributed by atoms with Crippen molar-refractivity contribution in [2.45, 2.75) is 13.8 Å². The van der Waals surface area contributed by atoms with E-state index in [2.05, 4.69) is 0 Å². The lowest BCUT2D eigenvalue weighted by atomic mass is 10.1. The number of amides is 1. The van der Waals surface area contributed by atoms with E-state index in [-0.39, 0.29) is 17.6 Å². The van der Waals surface area contributed by atoms with Crippen molar-refractivity contribution < 1.29 is 4.79 Å². The summed E-state index contributed by atoms with van der Waals surface area (Å²) < 4.78 is 0. The van der Waals surface area contributed by atoms with Crippen LogP contribution >= 0.6 is 11.6 Å². The Kier molecular flexibility index (Phi) is 4.11. The van der Waals surface area contributed by atoms with Crippen molar-refractivity contribution in [3.63, 3.8) is 0 Å². The van der Waals surface area contributed by atoms with Gasteiger partial charge in [0.1, 0.15) is 11.7 Å². The molecule has 3 rings (SSSR count). The molecule has 1 heterocycles. The van der Waals surface area contributed by atoms with Crippen LogP contribution in [0.4, 0.5) is 17.1 Å². The van der Waals surface area contributed by atoms with E-state index < -0.39 is 5.92 Å². The molecule has 0 bridgehead atoms. The first-order valence-electron chi connectivity index (χ1n) is 7.54. The van der Waals surface area contributed by atoms with Gasteiger partial charge in [-0.1, -0.05) is 23.7 Å². The Bertz CT molecular complexity index is 831. The number of hydrogen-bond donors (Lipinski definition) is 2. The van der Waals surface area contributed by atoms with Crippen LogP contribution in [-0.2, 0) is 4.79 Å². The topological polar surface area (TPSA) is 71.2 Å². The molecule has 0 radical (unpaired) electrons. The first-order chi connectivity index (χ1) is 11.4. The highest BCUT2D eigenvalue weighted by Crippen LogP contribution is 2.39. The van der Waals surface area contributed by atoms with Gasteiger partial charge in [-0.3, -0.25) is 25.4 Å². The number of halogens is 1. The minimum atomic E-state index is -0.673. The average molecular weight is 341 g/mol. The highest BCUT2D eigenvalue weighted by atomic mass is 35.5. The molecule has 1 atom stereocenters. The highest BCUT2D eigenvalue weighted by molar-refractivity contribution is 6.31. The Morgan fingerprint density at radius 2 is 1.67 bits per heavy atom. The molecule has 0 saturated heterocycles. The maximum atomic E-state index is 13.0. The van der Waals surface area contributed by atoms with Gasteiger partial charge in [-0.25, -0.2) is 0 Å². The molecule has 0 spiro atoms. The largest absolute Gasteiger partial charge is 0.288 e. The molecule has 6 heteroatoms. The van der Waals surface area contributed by atoms with Gasteiger partial charge in [0, 0.05) is 10.7 Å². The van der Waals surface area contributed by atoms with Crippen molar-refractivity contribution in [3.05, 3.63) is 53.6 Å². The summed E-state index contributed by atoms with van der Waals surface area (Å²) in [5, 5.41) is 17.0. The molecule has 122 valence electrons. The summed E-state index contributed by atoms with van der Waals surface area (Å²) in [5.41, 5.74) is 1.97. The molecular weight excluding hydrogens is 324 g/mol. The molecule has 5 nitrogen and oxygen atoms in total. The van der Waals surface area contributed by atoms with E-state index in [1.807, 2.05) is 24.3 Å². The predicted molar refractivity (Wildman–Crippen MR) is 97.8 cm³/mol. The van der Waals surface area contributed by atoms with Gasteiger partial charge in [-0.2, -0.15) is 0 Å². The summed E-state index contributed by atoms with van der Waals surface area (Å²) in [6.45, 7) is 3.30. The molecule has 1 aliphatic rings. The zero-order chi connectivity index (χ0) is 17.4. The summed E-state index contributed by atoms with van der Waals surface area (Å²) in [6.07, 6.45) is 0. The van der Waals surface area contributed by atoms with Crippen LogP contribution in [0.3, 0.4) is 0 Å². The number of rotatable bonds is 1. The molecule has 2 aromatic carbocycles. The molecule has 0 aliphatic carbocycles. The van der Waals surface area contributed by atoms with Gasteiger partial charge in [0.2, 0.25) is 5.91 Å². The molecule has 2 N–H and O–H groups in total. The Morgan fingerprint density at radius 1 is 1.08 bits per heavy atom. The van der Waals surface area contributed by atoms with Crippen LogP contribution in [0.15, 0.2) is 48.5 Å². The fourth-order valence-corrected chi connectivity index (χ4v) is 2.94. The summed E-state index contributed by atoms with van der Waals surface area (Å²) in [4.78, 5) is 16.1. The number of benzene rings is 2. The lowest BCUT2D eigenvalue weighted by Gasteiger charge is -2.25. The smallest absolute Gasteiger partial charge is 0.242 e. The molecule has 0 saturated carbocycles. The van der Waals surface area contributed by atoms with Crippen LogP contribution in [0, 0.1) is 16.7 Å². The lowest BCUT2D eigenvalue weighted by molar-refractivity contribution is -0.119. The normalized spacial score (nSPS) is 17.5. The van der Waals surface area contributed by atoms with Gasteiger partial charge in [0.15, 0.2) is 0 Å². The van der Waals surface area contributed by atoms with Crippen LogP contribution < -0.4 is 9.80 Å². The Labute approximate surface area is 145 Å². The number of para-hydroxylation sites is 2. The van der Waals surface area contributed by atoms with Gasteiger partial charge in [0.25, 0.3) is 0 Å². The van der Waals surface area contributed by atoms with Crippen LogP contribution in [0.1, 0.15) is 13.8 Å². The van der Waals surface area contributed by atoms with E-state index in [0.29, 0.717) is 22.1 Å². The van der Waals surface area contributed by atoms with Crippen molar-refractivity contribution in [2.24, 2.45) is 5.92 Å². The van der Waals surface area contributed by atoms with Crippen molar-refractivity contribution in [3.8, 4) is 0 Å². The number of fused-ring (bicyclic) bond motifs is 1. The third-order valence-electron chi connectivity index (χ3n) is 4.03. The molecule has 0 fully saturated rings. The van der Waals surface area contributed by atoms with E-state index in [0.717, 1.165) is 0 Å². The second-order valence-corrected chi connectivity index (χ2v) is 6.10. The molecule has 1 aliphatic heterocycles. The van der Waals surface area contributed by atoms with Crippen LogP contribution in [0.5, 0.6) is 0 Å². The SMILES string of the molecule is CC(=N)N1C(=N)C(C)C(=O)N(c2ccc(Cl)cc2)c2ccccc21. The second kappa shape index (κ2) is 6.09. The lowest BCUT2D eigenvalue weighted by Crippen LogP contribution is -2.40. The van der Waals surface area contributed by atoms with Crippen molar-refractivity contribution in [2.75, 3.05) is 9.80 Å². The number of carbonyl (C=O) groups is 1. The predicted octanol–water partition coefficient (Wildman–Crippen LogP) is 4.44. The third kappa shape index (κ3) is 2.57. The van der Waals surface area contributed by atoms with Crippen molar-refractivity contribution >= 4 is 46.2 Å². The monoisotopic (exact) mass is 340 g/mol. The van der Waals surface area contributed by atoms with Crippen molar-refractivity contribution in [1.82, 2.24) is 0 Å². The summed E-state index contributed by atoms with van der Waals surface area (Å²) in [7, 11) is 0. The van der Waals surface area contributed by atoms with Gasteiger partial charge in [-0.15, -0.1) is 0 Å². The van der Waals surface area contributed by atoms with Gasteiger partial charge < -0.3 is 0 Å². The van der Waals surface area contributed by atoms with Gasteiger partial charge in [0.05, 0.1) is 17.3 Å². The number of nitrogens with one attached hydrogen (secondary N) is 2. The Balaban J connectivity index is 2.26. The minimum Gasteiger partial charge on any atom is -0.288 e. The standard InChI is InChI=1S/C18H17ClN4O/c1-11-17(21)22(12(2)20)15-5-3-4-6-16(15)23(18(11)24)14-9-7-13(19)8-10-14/h3-11,20-21H,1-2H3. The second-order valence-electron chi connectivity index (χ2n) is 5.67. The van der Waals surface area contributed by atoms with E-state index >= 15 is 0 Å². The van der Waals surface area contributed by atoms with Crippen LogP contribution in [-0.4, -0.2) is 17.6 Å². The van der Waals surface area contributed by atoms with Gasteiger partial charge in [-0.05, 0) is 50.2 Å². The van der Waals surface area contributed by atoms with Crippen LogP contribution in [0.2, 0.25) is 5.02 Å². The third-order valence-corrected chi connectivity index (χ3v) is 4.28. The summed E-state index contributed by atoms with van der Waals surface area (Å²) >= 11 is 5.96. The molecule has 24 heavy (non-hydrogen) atoms. The fourth-order valence-electron chi connectivity index (χ4n) is 2.81. The Morgan fingerprint density at radius 3 is 2.25 bits per heavy atom. The van der Waals surface area contributed by atoms with Crippen molar-refractivity contribution in [1.29, 1.82) is 10.8 Å². The molecule has 0 aromatic heterocycles. The first-order valence-corrected chi connectivity index (χ1v) is 7.92. The first kappa shape index (κ1) is 16.2. The average Bonchev–Trinajstić information content (AvgIpc) is 2.64. The quantitative estimate of drug-likeness (QED) is 0.595. The van der Waals surface area contributed by atoms with E-state index in [1.165, 1.54) is 4.90 Å². The molecular formula is C18H17ClN4O. The highest BCUT2D eigenvalue weighted by Gasteiger charge is 2.36. The molecule has 1 unspecified atom stereocenters. The fraction of sp³-hybridized carbons (Fsp3) is 0.167.